The minimum atomic E-state index is 0.653. The molecule has 9 heavy (non-hydrogen) atoms. The molecule has 0 heteroatoms. The number of hydrogen-bond donors (Lipinski definition) is 0. The summed E-state index contributed by atoms with van der Waals surface area (Å²) in [6.45, 7) is 4.35. The third kappa shape index (κ3) is 3.16. The Hall–Kier alpha value is -0.480. The van der Waals surface area contributed by atoms with Crippen molar-refractivity contribution in [2.24, 2.45) is 11.8 Å². The molecule has 1 aliphatic carbocycles. The largest absolute Gasteiger partial charge is 0.129 e. The Kier molecular flexibility index (Phi) is 2.13. The summed E-state index contributed by atoms with van der Waals surface area (Å²) in [5, 5.41) is 0. The first kappa shape index (κ1) is 6.64. The van der Waals surface area contributed by atoms with Gasteiger partial charge in [-0.3, -0.25) is 0 Å². The van der Waals surface area contributed by atoms with E-state index in [9.17, 15) is 0 Å². The molecule has 0 aromatic rings. The van der Waals surface area contributed by atoms with Crippen molar-refractivity contribution in [3.05, 3.63) is 17.9 Å². The minimum Gasteiger partial charge on any atom is -0.129 e. The third-order valence-corrected chi connectivity index (χ3v) is 1.38. The molecular weight excluding hydrogens is 108 g/mol. The molecule has 0 bridgehead atoms. The Morgan fingerprint density at radius 2 is 2.11 bits per heavy atom. The zero-order valence-corrected chi connectivity index (χ0v) is 6.22. The van der Waals surface area contributed by atoms with Gasteiger partial charge in [0.2, 0.25) is 0 Å². The number of hydrogen-bond acceptors (Lipinski definition) is 0. The van der Waals surface area contributed by atoms with Gasteiger partial charge in [-0.05, 0) is 36.8 Å². The van der Waals surface area contributed by atoms with Gasteiger partial charge in [-0.15, -0.1) is 5.73 Å². The topological polar surface area (TPSA) is 0 Å². The first-order valence-electron chi connectivity index (χ1n) is 3.72. The highest BCUT2D eigenvalue weighted by atomic mass is 14.2. The fraction of sp³-hybridized carbons (Fsp3) is 0.667. The van der Waals surface area contributed by atoms with Crippen molar-refractivity contribution in [2.75, 3.05) is 0 Å². The molecule has 1 rings (SSSR count). The summed E-state index contributed by atoms with van der Waals surface area (Å²) in [5.41, 5.74) is 3.20. The van der Waals surface area contributed by atoms with Gasteiger partial charge in [0.25, 0.3) is 0 Å². The zero-order chi connectivity index (χ0) is 6.69. The van der Waals surface area contributed by atoms with E-state index in [0.29, 0.717) is 5.92 Å². The maximum absolute atomic E-state index is 3.20. The number of allylic oxidation sites excluding steroid dienone is 1. The average molecular weight is 122 g/mol. The maximum atomic E-state index is 3.20. The lowest BCUT2D eigenvalue weighted by atomic mass is 10.2. The molecule has 0 nitrogen and oxygen atoms in total. The Balaban J connectivity index is 2.27. The van der Waals surface area contributed by atoms with E-state index in [1.54, 1.807) is 0 Å². The molecule has 0 heterocycles. The van der Waals surface area contributed by atoms with Gasteiger partial charge in [-0.25, -0.2) is 0 Å². The lowest BCUT2D eigenvalue weighted by Gasteiger charge is -1.85. The van der Waals surface area contributed by atoms with Crippen molar-refractivity contribution >= 4 is 0 Å². The second kappa shape index (κ2) is 2.89. The molecule has 0 amide bonds. The summed E-state index contributed by atoms with van der Waals surface area (Å²) >= 11 is 0. The van der Waals surface area contributed by atoms with Crippen LogP contribution in [-0.2, 0) is 0 Å². The van der Waals surface area contributed by atoms with Crippen LogP contribution in [0.5, 0.6) is 0 Å². The summed E-state index contributed by atoms with van der Waals surface area (Å²) < 4.78 is 0. The highest BCUT2D eigenvalue weighted by Crippen LogP contribution is 2.29. The van der Waals surface area contributed by atoms with Crippen molar-refractivity contribution in [3.63, 3.8) is 0 Å². The van der Waals surface area contributed by atoms with E-state index in [4.69, 9.17) is 0 Å². The highest BCUT2D eigenvalue weighted by molar-refractivity contribution is 4.96. The van der Waals surface area contributed by atoms with E-state index in [0.717, 1.165) is 5.92 Å². The van der Waals surface area contributed by atoms with E-state index in [1.165, 1.54) is 12.8 Å². The maximum Gasteiger partial charge on any atom is -0.0157 e. The summed E-state index contributed by atoms with van der Waals surface area (Å²) in [7, 11) is 0. The molecule has 0 unspecified atom stereocenters. The summed E-state index contributed by atoms with van der Waals surface area (Å²) in [4.78, 5) is 0. The zero-order valence-electron chi connectivity index (χ0n) is 6.22. The van der Waals surface area contributed by atoms with Gasteiger partial charge in [0, 0.05) is 0 Å². The second-order valence-corrected chi connectivity index (χ2v) is 3.08. The molecule has 0 spiro atoms. The van der Waals surface area contributed by atoms with Gasteiger partial charge < -0.3 is 0 Å². The molecule has 1 fully saturated rings. The van der Waals surface area contributed by atoms with E-state index < -0.39 is 0 Å². The van der Waals surface area contributed by atoms with Crippen molar-refractivity contribution in [1.82, 2.24) is 0 Å². The Bertz CT molecular complexity index is 126. The van der Waals surface area contributed by atoms with Crippen LogP contribution >= 0.6 is 0 Å². The first-order valence-corrected chi connectivity index (χ1v) is 3.72. The van der Waals surface area contributed by atoms with E-state index in [1.807, 2.05) is 0 Å². The normalized spacial score (nSPS) is 17.2. The molecule has 0 radical (unpaired) electrons. The van der Waals surface area contributed by atoms with Crippen LogP contribution in [0.4, 0.5) is 0 Å². The first-order chi connectivity index (χ1) is 4.29. The van der Waals surface area contributed by atoms with Gasteiger partial charge in [0.1, 0.15) is 0 Å². The fourth-order valence-corrected chi connectivity index (χ4v) is 0.647. The molecule has 50 valence electrons. The molecule has 0 atom stereocenters. The number of rotatable bonds is 2. The van der Waals surface area contributed by atoms with E-state index in [2.05, 4.69) is 31.7 Å². The molecule has 0 N–H and O–H groups in total. The van der Waals surface area contributed by atoms with Crippen LogP contribution in [0, 0.1) is 11.8 Å². The summed E-state index contributed by atoms with van der Waals surface area (Å²) in [6.07, 6.45) is 7.09. The van der Waals surface area contributed by atoms with Crippen molar-refractivity contribution in [2.45, 2.75) is 26.7 Å². The van der Waals surface area contributed by atoms with Crippen LogP contribution in [-0.4, -0.2) is 0 Å². The average Bonchev–Trinajstić information content (AvgIpc) is 2.48. The van der Waals surface area contributed by atoms with E-state index in [-0.39, 0.29) is 0 Å². The molecule has 1 aliphatic rings. The quantitative estimate of drug-likeness (QED) is 0.494. The molecule has 0 saturated heterocycles. The van der Waals surface area contributed by atoms with Crippen molar-refractivity contribution < 1.29 is 0 Å². The Morgan fingerprint density at radius 1 is 1.44 bits per heavy atom. The van der Waals surface area contributed by atoms with Crippen LogP contribution in [0.3, 0.4) is 0 Å². The SMILES string of the molecule is CC(C)C=C=CC1CC1. The lowest BCUT2D eigenvalue weighted by molar-refractivity contribution is 0.832. The standard InChI is InChI=1S/C9H14/c1-8(2)4-3-5-9-6-7-9/h4-5,8-9H,6-7H2,1-2H3. The molecule has 0 aromatic carbocycles. The van der Waals surface area contributed by atoms with Crippen molar-refractivity contribution in [1.29, 1.82) is 0 Å². The van der Waals surface area contributed by atoms with Gasteiger partial charge in [-0.2, -0.15) is 0 Å². The van der Waals surface area contributed by atoms with E-state index >= 15 is 0 Å². The molecule has 0 aromatic heterocycles. The smallest absolute Gasteiger partial charge is 0.0157 e. The Labute approximate surface area is 57.3 Å². The molecule has 0 aliphatic heterocycles. The van der Waals surface area contributed by atoms with Crippen LogP contribution in [0.2, 0.25) is 0 Å². The lowest BCUT2D eigenvalue weighted by Crippen LogP contribution is -1.73. The van der Waals surface area contributed by atoms with Gasteiger partial charge >= 0.3 is 0 Å². The van der Waals surface area contributed by atoms with Crippen molar-refractivity contribution in [3.8, 4) is 0 Å². The van der Waals surface area contributed by atoms with Crippen LogP contribution < -0.4 is 0 Å². The van der Waals surface area contributed by atoms with Gasteiger partial charge in [0.05, 0.1) is 0 Å². The Morgan fingerprint density at radius 3 is 2.56 bits per heavy atom. The monoisotopic (exact) mass is 122 g/mol. The van der Waals surface area contributed by atoms with Crippen LogP contribution in [0.1, 0.15) is 26.7 Å². The predicted molar refractivity (Wildman–Crippen MR) is 40.2 cm³/mol. The molecule has 1 saturated carbocycles. The summed E-state index contributed by atoms with van der Waals surface area (Å²) in [6, 6.07) is 0. The van der Waals surface area contributed by atoms with Crippen LogP contribution in [0.25, 0.3) is 0 Å². The molecular formula is C9H14. The van der Waals surface area contributed by atoms with Gasteiger partial charge in [0.15, 0.2) is 0 Å². The minimum absolute atomic E-state index is 0.653. The second-order valence-electron chi connectivity index (χ2n) is 3.08. The highest BCUT2D eigenvalue weighted by Gasteiger charge is 2.16. The third-order valence-electron chi connectivity index (χ3n) is 1.38. The van der Waals surface area contributed by atoms with Gasteiger partial charge in [-0.1, -0.05) is 13.8 Å². The fourth-order valence-electron chi connectivity index (χ4n) is 0.647. The van der Waals surface area contributed by atoms with Crippen LogP contribution in [0.15, 0.2) is 17.9 Å². The predicted octanol–water partition coefficient (Wildman–Crippen LogP) is 2.76. The summed E-state index contributed by atoms with van der Waals surface area (Å²) in [5.74, 6) is 1.53.